The summed E-state index contributed by atoms with van der Waals surface area (Å²) < 4.78 is 10.8. The fourth-order valence-electron chi connectivity index (χ4n) is 2.29. The highest BCUT2D eigenvalue weighted by molar-refractivity contribution is 5.73. The van der Waals surface area contributed by atoms with Gasteiger partial charge in [-0.3, -0.25) is 9.59 Å². The Balaban J connectivity index is 2.40. The van der Waals surface area contributed by atoms with Gasteiger partial charge in [0.1, 0.15) is 0 Å². The summed E-state index contributed by atoms with van der Waals surface area (Å²) in [6, 6.07) is 8.98. The molecule has 0 bridgehead atoms. The topological polar surface area (TPSA) is 52.6 Å². The van der Waals surface area contributed by atoms with Crippen LogP contribution in [0, 0.1) is 5.92 Å². The molecule has 0 spiro atoms. The van der Waals surface area contributed by atoms with Gasteiger partial charge in [-0.05, 0) is 12.8 Å². The van der Waals surface area contributed by atoms with Gasteiger partial charge in [0.05, 0.1) is 5.92 Å². The highest BCUT2D eigenvalue weighted by atomic mass is 16.7. The zero-order valence-corrected chi connectivity index (χ0v) is 19.2. The Labute approximate surface area is 192 Å². The van der Waals surface area contributed by atoms with Crippen LogP contribution in [0.5, 0.6) is 0 Å². The Hall–Kier alpha value is -3.40. The first-order valence-corrected chi connectivity index (χ1v) is 11.0. The van der Waals surface area contributed by atoms with Crippen LogP contribution >= 0.6 is 0 Å². The van der Waals surface area contributed by atoms with E-state index in [-0.39, 0.29) is 12.3 Å². The molecule has 1 aromatic carbocycles. The van der Waals surface area contributed by atoms with E-state index in [9.17, 15) is 9.59 Å². The van der Waals surface area contributed by atoms with Crippen LogP contribution in [0.25, 0.3) is 0 Å². The molecule has 1 atom stereocenters. The maximum Gasteiger partial charge on any atom is 0.311 e. The minimum absolute atomic E-state index is 0.199. The molecule has 0 amide bonds. The summed E-state index contributed by atoms with van der Waals surface area (Å²) in [4.78, 5) is 24.2. The lowest BCUT2D eigenvalue weighted by Gasteiger charge is -2.19. The van der Waals surface area contributed by atoms with Gasteiger partial charge >= 0.3 is 11.9 Å². The van der Waals surface area contributed by atoms with E-state index in [0.717, 1.165) is 6.42 Å². The van der Waals surface area contributed by atoms with Crippen molar-refractivity contribution in [1.29, 1.82) is 0 Å². The van der Waals surface area contributed by atoms with Crippen molar-refractivity contribution >= 4 is 11.9 Å². The van der Waals surface area contributed by atoms with Crippen LogP contribution in [0.2, 0.25) is 0 Å². The number of benzene rings is 1. The third-order valence-corrected chi connectivity index (χ3v) is 4.03. The number of carbonyl (C=O) groups excluding carboxylic acids is 2. The molecule has 0 saturated heterocycles. The molecule has 0 aliphatic rings. The molecule has 0 aliphatic carbocycles. The minimum Gasteiger partial charge on any atom is -0.421 e. The molecule has 1 unspecified atom stereocenters. The van der Waals surface area contributed by atoms with Gasteiger partial charge in [-0.15, -0.1) is 0 Å². The second-order valence-electron chi connectivity index (χ2n) is 7.17. The van der Waals surface area contributed by atoms with Crippen LogP contribution < -0.4 is 0 Å². The normalized spacial score (nSPS) is 13.5. The lowest BCUT2D eigenvalue weighted by atomic mass is 10.2. The zero-order valence-electron chi connectivity index (χ0n) is 19.2. The standard InChI is InChI=1S/C28H34O4/c1-4-5-6-7-8-9-10-11-12-13-14-15-16-20-23-26(29)31-28(32-27(30)24(2)3)25-21-18-17-19-22-25/h5-19,21-22,24,28H,4,20,23H2,1-3H3/b6-5-,8-7-,10-9-,12-11-,14-13-,16-15-. The second kappa shape index (κ2) is 17.3. The van der Waals surface area contributed by atoms with Crippen molar-refractivity contribution in [3.05, 3.63) is 109 Å². The quantitative estimate of drug-likeness (QED) is 0.191. The average Bonchev–Trinajstić information content (AvgIpc) is 2.79. The van der Waals surface area contributed by atoms with Crippen molar-refractivity contribution in [2.24, 2.45) is 5.92 Å². The number of hydrogen-bond acceptors (Lipinski definition) is 4. The summed E-state index contributed by atoms with van der Waals surface area (Å²) in [5.74, 6) is -1.14. The van der Waals surface area contributed by atoms with Crippen molar-refractivity contribution in [3.63, 3.8) is 0 Å². The minimum atomic E-state index is -1.03. The molecule has 0 N–H and O–H groups in total. The molecule has 0 heterocycles. The highest BCUT2D eigenvalue weighted by Gasteiger charge is 2.22. The third kappa shape index (κ3) is 13.0. The van der Waals surface area contributed by atoms with E-state index in [0.29, 0.717) is 12.0 Å². The van der Waals surface area contributed by atoms with Crippen LogP contribution in [-0.4, -0.2) is 11.9 Å². The van der Waals surface area contributed by atoms with Crippen molar-refractivity contribution in [1.82, 2.24) is 0 Å². The van der Waals surface area contributed by atoms with Crippen LogP contribution in [0.3, 0.4) is 0 Å². The maximum atomic E-state index is 12.2. The summed E-state index contributed by atoms with van der Waals surface area (Å²) in [6.45, 7) is 5.57. The van der Waals surface area contributed by atoms with E-state index < -0.39 is 18.2 Å². The first kappa shape index (κ1) is 26.6. The van der Waals surface area contributed by atoms with E-state index >= 15 is 0 Å². The molecule has 0 radical (unpaired) electrons. The molecule has 1 rings (SSSR count). The summed E-state index contributed by atoms with van der Waals surface area (Å²) in [5, 5.41) is 0. The van der Waals surface area contributed by atoms with Gasteiger partial charge in [-0.25, -0.2) is 0 Å². The fourth-order valence-corrected chi connectivity index (χ4v) is 2.29. The third-order valence-electron chi connectivity index (χ3n) is 4.03. The van der Waals surface area contributed by atoms with Crippen LogP contribution in [0.1, 0.15) is 51.9 Å². The van der Waals surface area contributed by atoms with Gasteiger partial charge < -0.3 is 9.47 Å². The van der Waals surface area contributed by atoms with Crippen LogP contribution in [0.4, 0.5) is 0 Å². The molecule has 170 valence electrons. The van der Waals surface area contributed by atoms with Crippen LogP contribution in [0.15, 0.2) is 103 Å². The molecule has 0 aliphatic heterocycles. The molecular formula is C28H34O4. The van der Waals surface area contributed by atoms with Crippen LogP contribution in [-0.2, 0) is 19.1 Å². The van der Waals surface area contributed by atoms with Crippen molar-refractivity contribution < 1.29 is 19.1 Å². The van der Waals surface area contributed by atoms with Gasteiger partial charge in [0.15, 0.2) is 0 Å². The lowest BCUT2D eigenvalue weighted by Crippen LogP contribution is -2.20. The molecule has 0 aromatic heterocycles. The predicted molar refractivity (Wildman–Crippen MR) is 131 cm³/mol. The molecular weight excluding hydrogens is 400 g/mol. The number of ether oxygens (including phenoxy) is 2. The molecule has 0 fully saturated rings. The van der Waals surface area contributed by atoms with E-state index in [1.165, 1.54) is 0 Å². The second-order valence-corrected chi connectivity index (χ2v) is 7.17. The Morgan fingerprint density at radius 3 is 1.84 bits per heavy atom. The predicted octanol–water partition coefficient (Wildman–Crippen LogP) is 6.96. The highest BCUT2D eigenvalue weighted by Crippen LogP contribution is 2.21. The first-order chi connectivity index (χ1) is 15.5. The van der Waals surface area contributed by atoms with E-state index in [2.05, 4.69) is 13.0 Å². The van der Waals surface area contributed by atoms with Crippen molar-refractivity contribution in [3.8, 4) is 0 Å². The fraction of sp³-hybridized carbons (Fsp3) is 0.286. The van der Waals surface area contributed by atoms with E-state index in [4.69, 9.17) is 9.47 Å². The van der Waals surface area contributed by atoms with Gasteiger partial charge in [0.25, 0.3) is 6.29 Å². The van der Waals surface area contributed by atoms with Gasteiger partial charge in [0.2, 0.25) is 0 Å². The number of esters is 2. The Morgan fingerprint density at radius 1 is 0.781 bits per heavy atom. The number of rotatable bonds is 13. The first-order valence-electron chi connectivity index (χ1n) is 11.0. The van der Waals surface area contributed by atoms with E-state index in [1.54, 1.807) is 38.1 Å². The number of allylic oxidation sites excluding steroid dienone is 12. The van der Waals surface area contributed by atoms with Gasteiger partial charge in [-0.1, -0.05) is 124 Å². The average molecular weight is 435 g/mol. The Kier molecular flexibility index (Phi) is 14.4. The van der Waals surface area contributed by atoms with Crippen molar-refractivity contribution in [2.45, 2.75) is 46.3 Å². The SMILES string of the molecule is CC\C=C/C=C\C=C/C=C\C=C/C=C\CCC(=O)OC(OC(=O)C(C)C)c1ccccc1. The molecule has 32 heavy (non-hydrogen) atoms. The molecule has 4 heteroatoms. The van der Waals surface area contributed by atoms with Gasteiger partial charge in [0, 0.05) is 12.0 Å². The summed E-state index contributed by atoms with van der Waals surface area (Å²) in [5.41, 5.74) is 0.627. The molecule has 4 nitrogen and oxygen atoms in total. The molecule has 0 saturated carbocycles. The summed E-state index contributed by atoms with van der Waals surface area (Å²) in [6.07, 6.45) is 24.2. The van der Waals surface area contributed by atoms with E-state index in [1.807, 2.05) is 72.9 Å². The maximum absolute atomic E-state index is 12.2. The zero-order chi connectivity index (χ0) is 23.4. The summed E-state index contributed by atoms with van der Waals surface area (Å²) >= 11 is 0. The largest absolute Gasteiger partial charge is 0.421 e. The number of carbonyl (C=O) groups is 2. The molecule has 1 aromatic rings. The smallest absolute Gasteiger partial charge is 0.311 e. The monoisotopic (exact) mass is 434 g/mol. The summed E-state index contributed by atoms with van der Waals surface area (Å²) in [7, 11) is 0. The lowest BCUT2D eigenvalue weighted by molar-refractivity contribution is -0.192. The number of hydrogen-bond donors (Lipinski definition) is 0. The Bertz CT molecular complexity index is 839. The Morgan fingerprint density at radius 2 is 1.31 bits per heavy atom. The van der Waals surface area contributed by atoms with Crippen molar-refractivity contribution in [2.75, 3.05) is 0 Å². The van der Waals surface area contributed by atoms with Gasteiger partial charge in [-0.2, -0.15) is 0 Å².